The molecule has 0 heterocycles. The van der Waals surface area contributed by atoms with Crippen LogP contribution in [0.5, 0.6) is 0 Å². The fourth-order valence-corrected chi connectivity index (χ4v) is 2.06. The molecule has 0 fully saturated rings. The first-order valence-electron chi connectivity index (χ1n) is 5.91. The van der Waals surface area contributed by atoms with Crippen LogP contribution >= 0.6 is 0 Å². The molecule has 1 aromatic rings. The number of benzene rings is 1. The van der Waals surface area contributed by atoms with Crippen molar-refractivity contribution in [3.8, 4) is 0 Å². The Hall–Kier alpha value is -0.820. The average molecular weight is 206 g/mol. The van der Waals surface area contributed by atoms with Gasteiger partial charge in [-0.1, -0.05) is 39.0 Å². The molecular formula is C14H22O. The summed E-state index contributed by atoms with van der Waals surface area (Å²) in [4.78, 5) is 0. The molecular weight excluding hydrogens is 184 g/mol. The number of ether oxygens (including phenoxy) is 1. The van der Waals surface area contributed by atoms with Crippen LogP contribution in [0.15, 0.2) is 18.2 Å². The smallest absolute Gasteiger partial charge is 0.0818 e. The Balaban J connectivity index is 3.01. The van der Waals surface area contributed by atoms with Gasteiger partial charge in [-0.15, -0.1) is 0 Å². The van der Waals surface area contributed by atoms with Gasteiger partial charge in [0.15, 0.2) is 0 Å². The zero-order valence-corrected chi connectivity index (χ0v) is 10.3. The Morgan fingerprint density at radius 2 is 1.73 bits per heavy atom. The summed E-state index contributed by atoms with van der Waals surface area (Å²) in [5, 5.41) is 0. The lowest BCUT2D eigenvalue weighted by Crippen LogP contribution is -2.02. The van der Waals surface area contributed by atoms with Gasteiger partial charge in [0.25, 0.3) is 0 Å². The Morgan fingerprint density at radius 3 is 2.20 bits per heavy atom. The summed E-state index contributed by atoms with van der Waals surface area (Å²) >= 11 is 0. The molecule has 0 bridgehead atoms. The van der Waals surface area contributed by atoms with Crippen LogP contribution in [-0.4, -0.2) is 7.11 Å². The largest absolute Gasteiger partial charge is 0.377 e. The van der Waals surface area contributed by atoms with Crippen LogP contribution in [0.25, 0.3) is 0 Å². The molecule has 84 valence electrons. The van der Waals surface area contributed by atoms with Crippen LogP contribution in [0.3, 0.4) is 0 Å². The molecule has 0 N–H and O–H groups in total. The summed E-state index contributed by atoms with van der Waals surface area (Å²) in [5.74, 6) is 0. The van der Waals surface area contributed by atoms with Crippen molar-refractivity contribution in [1.29, 1.82) is 0 Å². The topological polar surface area (TPSA) is 9.23 Å². The van der Waals surface area contributed by atoms with Crippen molar-refractivity contribution in [3.05, 3.63) is 34.9 Å². The number of methoxy groups -OCH3 is 1. The van der Waals surface area contributed by atoms with Gasteiger partial charge in [-0.25, -0.2) is 0 Å². The molecule has 1 rings (SSSR count). The monoisotopic (exact) mass is 206 g/mol. The highest BCUT2D eigenvalue weighted by Gasteiger charge is 2.09. The summed E-state index contributed by atoms with van der Waals surface area (Å²) in [6.45, 7) is 6.58. The molecule has 1 nitrogen and oxygen atoms in total. The third kappa shape index (κ3) is 2.82. The summed E-state index contributed by atoms with van der Waals surface area (Å²) in [7, 11) is 1.79. The lowest BCUT2D eigenvalue weighted by molar-refractivity contribution is 0.1000. The van der Waals surface area contributed by atoms with Crippen molar-refractivity contribution < 1.29 is 4.74 Å². The van der Waals surface area contributed by atoms with E-state index in [-0.39, 0.29) is 6.10 Å². The van der Waals surface area contributed by atoms with Crippen molar-refractivity contribution in [3.63, 3.8) is 0 Å². The summed E-state index contributed by atoms with van der Waals surface area (Å²) in [6.07, 6.45) is 3.51. The van der Waals surface area contributed by atoms with E-state index in [1.807, 2.05) is 0 Å². The van der Waals surface area contributed by atoms with E-state index in [1.165, 1.54) is 16.7 Å². The second-order valence-electron chi connectivity index (χ2n) is 3.87. The third-order valence-corrected chi connectivity index (χ3v) is 3.02. The van der Waals surface area contributed by atoms with Crippen LogP contribution in [0.4, 0.5) is 0 Å². The predicted molar refractivity (Wildman–Crippen MR) is 65.2 cm³/mol. The fourth-order valence-electron chi connectivity index (χ4n) is 2.06. The Kier molecular flexibility index (Phi) is 4.83. The van der Waals surface area contributed by atoms with E-state index >= 15 is 0 Å². The van der Waals surface area contributed by atoms with Crippen LogP contribution in [0.1, 0.15) is 50.0 Å². The molecule has 1 atom stereocenters. The number of aryl methyl sites for hydroxylation is 2. The number of hydrogen-bond donors (Lipinski definition) is 0. The second-order valence-corrected chi connectivity index (χ2v) is 3.87. The standard InChI is InChI=1S/C14H22O/c1-5-11-8-9-13(10-12(11)6-2)14(7-3)15-4/h8-10,14H,5-7H2,1-4H3. The lowest BCUT2D eigenvalue weighted by Gasteiger charge is -2.16. The SMILES string of the molecule is CCc1ccc(C(CC)OC)cc1CC. The van der Waals surface area contributed by atoms with Gasteiger partial charge in [0.1, 0.15) is 0 Å². The molecule has 1 heteroatoms. The highest BCUT2D eigenvalue weighted by atomic mass is 16.5. The molecule has 15 heavy (non-hydrogen) atoms. The van der Waals surface area contributed by atoms with Crippen LogP contribution in [0, 0.1) is 0 Å². The molecule has 0 amide bonds. The summed E-state index contributed by atoms with van der Waals surface area (Å²) in [6, 6.07) is 6.75. The van der Waals surface area contributed by atoms with Crippen molar-refractivity contribution in [1.82, 2.24) is 0 Å². The van der Waals surface area contributed by atoms with Gasteiger partial charge in [0.05, 0.1) is 6.10 Å². The van der Waals surface area contributed by atoms with Crippen LogP contribution < -0.4 is 0 Å². The molecule has 0 spiro atoms. The summed E-state index contributed by atoms with van der Waals surface area (Å²) in [5.41, 5.74) is 4.24. The average Bonchev–Trinajstić information content (AvgIpc) is 2.30. The molecule has 0 saturated carbocycles. The van der Waals surface area contributed by atoms with E-state index < -0.39 is 0 Å². The van der Waals surface area contributed by atoms with Crippen molar-refractivity contribution in [2.24, 2.45) is 0 Å². The van der Waals surface area contributed by atoms with Gasteiger partial charge in [-0.2, -0.15) is 0 Å². The zero-order chi connectivity index (χ0) is 11.3. The van der Waals surface area contributed by atoms with Gasteiger partial charge in [0, 0.05) is 7.11 Å². The zero-order valence-electron chi connectivity index (χ0n) is 10.3. The fraction of sp³-hybridized carbons (Fsp3) is 0.571. The maximum Gasteiger partial charge on any atom is 0.0818 e. The molecule has 1 aromatic carbocycles. The van der Waals surface area contributed by atoms with Crippen molar-refractivity contribution in [2.45, 2.75) is 46.1 Å². The van der Waals surface area contributed by atoms with Gasteiger partial charge < -0.3 is 4.74 Å². The highest BCUT2D eigenvalue weighted by Crippen LogP contribution is 2.23. The molecule has 0 aliphatic carbocycles. The number of rotatable bonds is 5. The second kappa shape index (κ2) is 5.92. The molecule has 1 unspecified atom stereocenters. The molecule has 0 aliphatic heterocycles. The van der Waals surface area contributed by atoms with E-state index in [2.05, 4.69) is 39.0 Å². The lowest BCUT2D eigenvalue weighted by atomic mass is 9.97. The van der Waals surface area contributed by atoms with E-state index in [1.54, 1.807) is 7.11 Å². The minimum Gasteiger partial charge on any atom is -0.377 e. The Labute approximate surface area is 93.5 Å². The third-order valence-electron chi connectivity index (χ3n) is 3.02. The first kappa shape index (κ1) is 12.3. The Bertz CT molecular complexity index is 300. The molecule has 0 aliphatic rings. The van der Waals surface area contributed by atoms with E-state index in [0.717, 1.165) is 19.3 Å². The van der Waals surface area contributed by atoms with Crippen LogP contribution in [0.2, 0.25) is 0 Å². The normalized spacial score (nSPS) is 12.8. The van der Waals surface area contributed by atoms with Gasteiger partial charge in [-0.05, 0) is 36.0 Å². The molecule has 0 saturated heterocycles. The minimum atomic E-state index is 0.251. The first-order valence-corrected chi connectivity index (χ1v) is 5.91. The molecule has 0 radical (unpaired) electrons. The predicted octanol–water partition coefficient (Wildman–Crippen LogP) is 3.91. The van der Waals surface area contributed by atoms with E-state index in [9.17, 15) is 0 Å². The van der Waals surface area contributed by atoms with Gasteiger partial charge in [0.2, 0.25) is 0 Å². The minimum absolute atomic E-state index is 0.251. The highest BCUT2D eigenvalue weighted by molar-refractivity contribution is 5.33. The van der Waals surface area contributed by atoms with Crippen molar-refractivity contribution in [2.75, 3.05) is 7.11 Å². The maximum absolute atomic E-state index is 5.46. The maximum atomic E-state index is 5.46. The van der Waals surface area contributed by atoms with Crippen LogP contribution in [-0.2, 0) is 17.6 Å². The van der Waals surface area contributed by atoms with Gasteiger partial charge in [-0.3, -0.25) is 0 Å². The van der Waals surface area contributed by atoms with Gasteiger partial charge >= 0.3 is 0 Å². The number of hydrogen-bond acceptors (Lipinski definition) is 1. The van der Waals surface area contributed by atoms with E-state index in [0.29, 0.717) is 0 Å². The molecule has 0 aromatic heterocycles. The first-order chi connectivity index (χ1) is 7.26. The van der Waals surface area contributed by atoms with E-state index in [4.69, 9.17) is 4.74 Å². The summed E-state index contributed by atoms with van der Waals surface area (Å²) < 4.78 is 5.46. The quantitative estimate of drug-likeness (QED) is 0.709. The Morgan fingerprint density at radius 1 is 1.07 bits per heavy atom. The van der Waals surface area contributed by atoms with Crippen molar-refractivity contribution >= 4 is 0 Å².